The van der Waals surface area contributed by atoms with Gasteiger partial charge in [0, 0.05) is 6.42 Å². The number of aliphatic hydroxyl groups is 1. The first-order valence-electron chi connectivity index (χ1n) is 2.63. The second-order valence-corrected chi connectivity index (χ2v) is 1.83. The summed E-state index contributed by atoms with van der Waals surface area (Å²) < 4.78 is 35.0. The summed E-state index contributed by atoms with van der Waals surface area (Å²) in [5.41, 5.74) is 0. The molecule has 0 aliphatic carbocycles. The molecular formula is C6H7F3O. The van der Waals surface area contributed by atoms with Crippen LogP contribution in [0.25, 0.3) is 0 Å². The van der Waals surface area contributed by atoms with E-state index in [0.717, 1.165) is 0 Å². The zero-order chi connectivity index (χ0) is 8.20. The highest BCUT2D eigenvalue weighted by molar-refractivity contribution is 4.88. The molecule has 4 heteroatoms. The summed E-state index contributed by atoms with van der Waals surface area (Å²) in [6.07, 6.45) is -0.192. The fourth-order valence-electron chi connectivity index (χ4n) is 0.426. The van der Waals surface area contributed by atoms with Crippen molar-refractivity contribution in [3.63, 3.8) is 0 Å². The Morgan fingerprint density at radius 3 is 2.10 bits per heavy atom. The molecule has 0 aromatic carbocycles. The van der Waals surface area contributed by atoms with E-state index in [1.165, 1.54) is 0 Å². The predicted molar refractivity (Wildman–Crippen MR) is 30.1 cm³/mol. The second kappa shape index (κ2) is 3.47. The lowest BCUT2D eigenvalue weighted by Crippen LogP contribution is -2.25. The van der Waals surface area contributed by atoms with Crippen molar-refractivity contribution in [1.82, 2.24) is 0 Å². The molecule has 0 spiro atoms. The van der Waals surface area contributed by atoms with Gasteiger partial charge in [-0.15, -0.1) is 12.3 Å². The van der Waals surface area contributed by atoms with Gasteiger partial charge in [-0.05, 0) is 0 Å². The van der Waals surface area contributed by atoms with E-state index in [0.29, 0.717) is 0 Å². The monoisotopic (exact) mass is 152 g/mol. The largest absolute Gasteiger partial charge is 0.396 e. The molecule has 0 heterocycles. The molecule has 1 unspecified atom stereocenters. The molecular weight excluding hydrogens is 145 g/mol. The third-order valence-corrected chi connectivity index (χ3v) is 1.05. The Balaban J connectivity index is 3.97. The molecule has 58 valence electrons. The lowest BCUT2D eigenvalue weighted by atomic mass is 10.1. The summed E-state index contributed by atoms with van der Waals surface area (Å²) in [5.74, 6) is 0.0791. The Kier molecular flexibility index (Phi) is 3.23. The van der Waals surface area contributed by atoms with Crippen molar-refractivity contribution in [2.45, 2.75) is 12.6 Å². The number of halogens is 3. The van der Waals surface area contributed by atoms with Gasteiger partial charge in [0.2, 0.25) is 0 Å². The summed E-state index contributed by atoms with van der Waals surface area (Å²) >= 11 is 0. The van der Waals surface area contributed by atoms with Gasteiger partial charge in [0.1, 0.15) is 0 Å². The van der Waals surface area contributed by atoms with Crippen molar-refractivity contribution in [3.05, 3.63) is 0 Å². The SMILES string of the molecule is C#CCC(CO)C(F)(F)F. The first-order valence-corrected chi connectivity index (χ1v) is 2.63. The minimum atomic E-state index is -4.37. The van der Waals surface area contributed by atoms with E-state index in [2.05, 4.69) is 6.42 Å². The molecule has 0 bridgehead atoms. The van der Waals surface area contributed by atoms with Crippen LogP contribution < -0.4 is 0 Å². The molecule has 0 aromatic heterocycles. The lowest BCUT2D eigenvalue weighted by Gasteiger charge is -2.14. The topological polar surface area (TPSA) is 20.2 Å². The predicted octanol–water partition coefficient (Wildman–Crippen LogP) is 1.18. The van der Waals surface area contributed by atoms with Gasteiger partial charge in [0.05, 0.1) is 12.5 Å². The van der Waals surface area contributed by atoms with Crippen molar-refractivity contribution in [2.75, 3.05) is 6.61 Å². The van der Waals surface area contributed by atoms with Gasteiger partial charge in [-0.3, -0.25) is 0 Å². The van der Waals surface area contributed by atoms with Gasteiger partial charge in [-0.2, -0.15) is 13.2 Å². The van der Waals surface area contributed by atoms with Crippen LogP contribution in [0.4, 0.5) is 13.2 Å². The minimum Gasteiger partial charge on any atom is -0.396 e. The normalized spacial score (nSPS) is 14.3. The number of hydrogen-bond donors (Lipinski definition) is 1. The molecule has 1 N–H and O–H groups in total. The Morgan fingerprint density at radius 2 is 2.00 bits per heavy atom. The van der Waals surface area contributed by atoms with Crippen LogP contribution in [0.3, 0.4) is 0 Å². The molecule has 0 saturated heterocycles. The molecule has 0 aliphatic rings. The minimum absolute atomic E-state index is 0.458. The van der Waals surface area contributed by atoms with Crippen LogP contribution in [0.1, 0.15) is 6.42 Å². The van der Waals surface area contributed by atoms with E-state index < -0.39 is 25.1 Å². The standard InChI is InChI=1S/C6H7F3O/c1-2-3-5(4-10)6(7,8)9/h1,5,10H,3-4H2. The van der Waals surface area contributed by atoms with Crippen LogP contribution in [-0.2, 0) is 0 Å². The van der Waals surface area contributed by atoms with Crippen molar-refractivity contribution in [2.24, 2.45) is 5.92 Å². The maximum Gasteiger partial charge on any atom is 0.394 e. The Labute approximate surface area is 56.9 Å². The van der Waals surface area contributed by atoms with Crippen LogP contribution in [0.5, 0.6) is 0 Å². The maximum absolute atomic E-state index is 11.7. The van der Waals surface area contributed by atoms with Gasteiger partial charge in [-0.25, -0.2) is 0 Å². The fraction of sp³-hybridized carbons (Fsp3) is 0.667. The van der Waals surface area contributed by atoms with Crippen molar-refractivity contribution < 1.29 is 18.3 Å². The lowest BCUT2D eigenvalue weighted by molar-refractivity contribution is -0.182. The number of terminal acetylenes is 1. The van der Waals surface area contributed by atoms with E-state index >= 15 is 0 Å². The zero-order valence-corrected chi connectivity index (χ0v) is 5.15. The van der Waals surface area contributed by atoms with Gasteiger partial charge in [0.15, 0.2) is 0 Å². The van der Waals surface area contributed by atoms with Crippen molar-refractivity contribution in [1.29, 1.82) is 0 Å². The average molecular weight is 152 g/mol. The van der Waals surface area contributed by atoms with Crippen LogP contribution in [0.15, 0.2) is 0 Å². The van der Waals surface area contributed by atoms with Gasteiger partial charge in [-0.1, -0.05) is 0 Å². The van der Waals surface area contributed by atoms with Crippen LogP contribution in [-0.4, -0.2) is 17.9 Å². The van der Waals surface area contributed by atoms with E-state index in [1.807, 2.05) is 5.92 Å². The molecule has 0 amide bonds. The highest BCUT2D eigenvalue weighted by Gasteiger charge is 2.38. The number of rotatable bonds is 2. The van der Waals surface area contributed by atoms with Crippen LogP contribution >= 0.6 is 0 Å². The number of alkyl halides is 3. The molecule has 0 saturated carbocycles. The third kappa shape index (κ3) is 2.74. The van der Waals surface area contributed by atoms with Crippen LogP contribution in [0, 0.1) is 18.3 Å². The first kappa shape index (κ1) is 9.31. The molecule has 0 aliphatic heterocycles. The Bertz CT molecular complexity index is 133. The molecule has 0 fully saturated rings. The zero-order valence-electron chi connectivity index (χ0n) is 5.15. The summed E-state index contributed by atoms with van der Waals surface area (Å²) in [7, 11) is 0. The summed E-state index contributed by atoms with van der Waals surface area (Å²) in [5, 5.41) is 8.18. The second-order valence-electron chi connectivity index (χ2n) is 1.83. The molecule has 1 nitrogen and oxygen atoms in total. The molecule has 1 atom stereocenters. The number of aliphatic hydroxyl groups excluding tert-OH is 1. The average Bonchev–Trinajstić information content (AvgIpc) is 1.80. The van der Waals surface area contributed by atoms with Crippen molar-refractivity contribution in [3.8, 4) is 12.3 Å². The number of hydrogen-bond acceptors (Lipinski definition) is 1. The van der Waals surface area contributed by atoms with Gasteiger partial charge in [0.25, 0.3) is 0 Å². The van der Waals surface area contributed by atoms with E-state index in [9.17, 15) is 13.2 Å². The fourth-order valence-corrected chi connectivity index (χ4v) is 0.426. The summed E-state index contributed by atoms with van der Waals surface area (Å²) in [4.78, 5) is 0. The Morgan fingerprint density at radius 1 is 1.50 bits per heavy atom. The van der Waals surface area contributed by atoms with E-state index in [1.54, 1.807) is 0 Å². The van der Waals surface area contributed by atoms with Gasteiger partial charge < -0.3 is 5.11 Å². The smallest absolute Gasteiger partial charge is 0.394 e. The molecule has 0 radical (unpaired) electrons. The Hall–Kier alpha value is -0.690. The molecule has 0 aromatic rings. The molecule has 10 heavy (non-hydrogen) atoms. The van der Waals surface area contributed by atoms with E-state index in [4.69, 9.17) is 5.11 Å². The highest BCUT2D eigenvalue weighted by atomic mass is 19.4. The van der Waals surface area contributed by atoms with Crippen LogP contribution in [0.2, 0.25) is 0 Å². The van der Waals surface area contributed by atoms with Crippen molar-refractivity contribution >= 4 is 0 Å². The highest BCUT2D eigenvalue weighted by Crippen LogP contribution is 2.27. The van der Waals surface area contributed by atoms with E-state index in [-0.39, 0.29) is 0 Å². The molecule has 0 rings (SSSR count). The maximum atomic E-state index is 11.7. The summed E-state index contributed by atoms with van der Waals surface area (Å²) in [6, 6.07) is 0. The quantitative estimate of drug-likeness (QED) is 0.589. The summed E-state index contributed by atoms with van der Waals surface area (Å²) in [6.45, 7) is -0.937. The third-order valence-electron chi connectivity index (χ3n) is 1.05. The first-order chi connectivity index (χ1) is 4.52. The van der Waals surface area contributed by atoms with Gasteiger partial charge >= 0.3 is 6.18 Å².